The Kier molecular flexibility index (Phi) is 6.55. The molecule has 174 valence electrons. The summed E-state index contributed by atoms with van der Waals surface area (Å²) in [5.41, 5.74) is 0.387. The van der Waals surface area contributed by atoms with Crippen molar-refractivity contribution in [3.05, 3.63) is 69.9 Å². The van der Waals surface area contributed by atoms with E-state index in [0.717, 1.165) is 18.6 Å². The second kappa shape index (κ2) is 9.53. The van der Waals surface area contributed by atoms with Gasteiger partial charge in [0.05, 0.1) is 6.61 Å². The molecule has 0 saturated heterocycles. The molecule has 8 nitrogen and oxygen atoms in total. The summed E-state index contributed by atoms with van der Waals surface area (Å²) in [6, 6.07) is 6.96. The van der Waals surface area contributed by atoms with Crippen LogP contribution in [-0.2, 0) is 13.2 Å². The van der Waals surface area contributed by atoms with E-state index in [9.17, 15) is 18.7 Å². The Labute approximate surface area is 189 Å². The minimum atomic E-state index is -0.884. The van der Waals surface area contributed by atoms with E-state index in [0.29, 0.717) is 24.6 Å². The van der Waals surface area contributed by atoms with Crippen LogP contribution in [0.2, 0.25) is 0 Å². The van der Waals surface area contributed by atoms with E-state index >= 15 is 0 Å². The van der Waals surface area contributed by atoms with Crippen molar-refractivity contribution in [2.24, 2.45) is 0 Å². The van der Waals surface area contributed by atoms with Crippen LogP contribution in [-0.4, -0.2) is 38.8 Å². The van der Waals surface area contributed by atoms with Crippen molar-refractivity contribution in [2.45, 2.75) is 39.5 Å². The third-order valence-corrected chi connectivity index (χ3v) is 5.44. The Morgan fingerprint density at radius 2 is 1.97 bits per heavy atom. The topological polar surface area (TPSA) is 89.7 Å². The number of nitrogens with zero attached hydrogens (tertiary/aromatic N) is 4. The fraction of sp³-hybridized carbons (Fsp3) is 0.348. The van der Waals surface area contributed by atoms with Gasteiger partial charge in [0.2, 0.25) is 5.88 Å². The van der Waals surface area contributed by atoms with Gasteiger partial charge in [0.1, 0.15) is 18.2 Å². The van der Waals surface area contributed by atoms with Crippen LogP contribution in [0, 0.1) is 18.6 Å². The third kappa shape index (κ3) is 4.80. The van der Waals surface area contributed by atoms with Crippen LogP contribution in [0.25, 0.3) is 0 Å². The highest BCUT2D eigenvalue weighted by atomic mass is 19.1. The zero-order valence-corrected chi connectivity index (χ0v) is 18.3. The summed E-state index contributed by atoms with van der Waals surface area (Å²) < 4.78 is 41.6. The van der Waals surface area contributed by atoms with Crippen molar-refractivity contribution in [2.75, 3.05) is 18.1 Å². The van der Waals surface area contributed by atoms with Crippen molar-refractivity contribution in [3.63, 3.8) is 0 Å². The average Bonchev–Trinajstić information content (AvgIpc) is 3.13. The Hall–Kier alpha value is -3.53. The summed E-state index contributed by atoms with van der Waals surface area (Å²) in [4.78, 5) is 22.3. The number of anilines is 1. The van der Waals surface area contributed by atoms with E-state index in [1.165, 1.54) is 16.8 Å². The van der Waals surface area contributed by atoms with Crippen molar-refractivity contribution in [1.82, 2.24) is 14.5 Å². The van der Waals surface area contributed by atoms with Gasteiger partial charge in [-0.25, -0.2) is 13.6 Å². The number of aliphatic hydroxyl groups excluding tert-OH is 1. The van der Waals surface area contributed by atoms with Crippen LogP contribution >= 0.6 is 0 Å². The number of fused-ring (bicyclic) bond motifs is 1. The first kappa shape index (κ1) is 22.7. The van der Waals surface area contributed by atoms with Crippen molar-refractivity contribution < 1.29 is 23.4 Å². The predicted molar refractivity (Wildman–Crippen MR) is 117 cm³/mol. The highest BCUT2D eigenvalue weighted by molar-refractivity contribution is 5.47. The monoisotopic (exact) mass is 458 g/mol. The van der Waals surface area contributed by atoms with Crippen LogP contribution in [0.4, 0.5) is 14.6 Å². The summed E-state index contributed by atoms with van der Waals surface area (Å²) in [6.45, 7) is 4.33. The number of hydrogen-bond acceptors (Lipinski definition) is 7. The van der Waals surface area contributed by atoms with E-state index < -0.39 is 23.1 Å². The maximum atomic E-state index is 14.5. The average molecular weight is 458 g/mol. The number of ether oxygens (including phenoxy) is 2. The number of aromatic nitrogens is 3. The second-order valence-corrected chi connectivity index (χ2v) is 7.74. The maximum absolute atomic E-state index is 14.5. The zero-order chi connectivity index (χ0) is 23.5. The molecule has 1 atom stereocenters. The lowest BCUT2D eigenvalue weighted by molar-refractivity contribution is 0.289. The fourth-order valence-corrected chi connectivity index (χ4v) is 3.86. The smallest absolute Gasteiger partial charge is 0.352 e. The largest absolute Gasteiger partial charge is 0.473 e. The molecule has 1 N–H and O–H groups in total. The Morgan fingerprint density at radius 3 is 2.64 bits per heavy atom. The molecule has 1 aromatic carbocycles. The van der Waals surface area contributed by atoms with Gasteiger partial charge in [0.25, 0.3) is 0 Å². The van der Waals surface area contributed by atoms with Crippen LogP contribution in [0.15, 0.2) is 41.3 Å². The maximum Gasteiger partial charge on any atom is 0.352 e. The summed E-state index contributed by atoms with van der Waals surface area (Å²) >= 11 is 0. The number of rotatable bonds is 8. The minimum absolute atomic E-state index is 0.0411. The summed E-state index contributed by atoms with van der Waals surface area (Å²) in [5, 5.41) is 9.38. The molecule has 2 aromatic heterocycles. The number of hydrogen-bond donors (Lipinski definition) is 1. The van der Waals surface area contributed by atoms with Gasteiger partial charge in [-0.2, -0.15) is 4.98 Å². The summed E-state index contributed by atoms with van der Waals surface area (Å²) in [6.07, 6.45) is 2.28. The van der Waals surface area contributed by atoms with Gasteiger partial charge in [0.15, 0.2) is 17.4 Å². The van der Waals surface area contributed by atoms with Crippen molar-refractivity contribution >= 4 is 5.82 Å². The number of halogens is 2. The highest BCUT2D eigenvalue weighted by Crippen LogP contribution is 2.30. The molecule has 0 spiro atoms. The molecule has 3 aromatic rings. The number of benzene rings is 1. The fourth-order valence-electron chi connectivity index (χ4n) is 3.86. The molecule has 0 fully saturated rings. The molecule has 0 amide bonds. The number of aliphatic hydroxyl groups is 1. The van der Waals surface area contributed by atoms with Gasteiger partial charge in [-0.3, -0.25) is 9.55 Å². The van der Waals surface area contributed by atoms with E-state index in [-0.39, 0.29) is 36.4 Å². The first-order valence-corrected chi connectivity index (χ1v) is 10.6. The lowest BCUT2D eigenvalue weighted by Gasteiger charge is -2.24. The minimum Gasteiger partial charge on any atom is -0.473 e. The second-order valence-electron chi connectivity index (χ2n) is 7.74. The van der Waals surface area contributed by atoms with Gasteiger partial charge >= 0.3 is 5.69 Å². The molecular weight excluding hydrogens is 434 g/mol. The molecular formula is C23H24F2N4O4. The molecule has 1 unspecified atom stereocenters. The third-order valence-electron chi connectivity index (χ3n) is 5.44. The SMILES string of the molecule is CCC1Cn2c(cc(OCc3cc(F)c(Oc4ccnc(C)c4)c(F)c3)nc2=O)N1CCO. The molecule has 10 heteroatoms. The summed E-state index contributed by atoms with van der Waals surface area (Å²) in [5.74, 6) is -1.39. The molecule has 4 rings (SSSR count). The van der Waals surface area contributed by atoms with Gasteiger partial charge in [-0.1, -0.05) is 6.92 Å². The lowest BCUT2D eigenvalue weighted by Crippen LogP contribution is -2.33. The first-order valence-electron chi connectivity index (χ1n) is 10.6. The van der Waals surface area contributed by atoms with E-state index in [4.69, 9.17) is 9.47 Å². The van der Waals surface area contributed by atoms with Crippen LogP contribution in [0.5, 0.6) is 17.4 Å². The van der Waals surface area contributed by atoms with Crippen molar-refractivity contribution in [1.29, 1.82) is 0 Å². The molecule has 3 heterocycles. The Balaban J connectivity index is 1.51. The van der Waals surface area contributed by atoms with Crippen LogP contribution < -0.4 is 20.1 Å². The predicted octanol–water partition coefficient (Wildman–Crippen LogP) is 3.19. The van der Waals surface area contributed by atoms with Crippen LogP contribution in [0.3, 0.4) is 0 Å². The van der Waals surface area contributed by atoms with Crippen molar-refractivity contribution in [3.8, 4) is 17.4 Å². The Morgan fingerprint density at radius 1 is 1.21 bits per heavy atom. The van der Waals surface area contributed by atoms with Gasteiger partial charge < -0.3 is 19.5 Å². The van der Waals surface area contributed by atoms with Gasteiger partial charge in [-0.15, -0.1) is 0 Å². The molecule has 33 heavy (non-hydrogen) atoms. The first-order chi connectivity index (χ1) is 15.9. The highest BCUT2D eigenvalue weighted by Gasteiger charge is 2.29. The molecule has 0 saturated carbocycles. The number of β-amino-alcohol motifs (C(OH)–C–C–N with tert-alkyl or cyclic N) is 1. The standard InChI is InChI=1S/C23H24F2N4O4/c1-3-16-12-29-21(28(16)6-7-30)11-20(27-23(29)31)32-13-15-9-18(24)22(19(25)10-15)33-17-4-5-26-14(2)8-17/h4-5,8-11,16,30H,3,6-7,12-13H2,1-2H3. The van der Waals surface area contributed by atoms with E-state index in [2.05, 4.69) is 9.97 Å². The van der Waals surface area contributed by atoms with Gasteiger partial charge in [0, 0.05) is 43.2 Å². The van der Waals surface area contributed by atoms with E-state index in [1.807, 2.05) is 11.8 Å². The van der Waals surface area contributed by atoms with Crippen LogP contribution in [0.1, 0.15) is 24.6 Å². The zero-order valence-electron chi connectivity index (χ0n) is 18.3. The molecule has 0 aliphatic carbocycles. The summed E-state index contributed by atoms with van der Waals surface area (Å²) in [7, 11) is 0. The Bertz CT molecular complexity index is 1190. The quantitative estimate of drug-likeness (QED) is 0.555. The molecule has 1 aliphatic rings. The van der Waals surface area contributed by atoms with Gasteiger partial charge in [-0.05, 0) is 37.1 Å². The normalized spacial score (nSPS) is 14.9. The number of pyridine rings is 1. The van der Waals surface area contributed by atoms with E-state index in [1.54, 1.807) is 19.1 Å². The lowest BCUT2D eigenvalue weighted by atomic mass is 10.2. The molecule has 0 bridgehead atoms. The molecule has 1 aliphatic heterocycles. The molecule has 0 radical (unpaired) electrons. The number of aryl methyl sites for hydroxylation is 1.